The minimum absolute atomic E-state index is 0.231. The Balaban J connectivity index is 3.27. The number of aliphatic hydroxyl groups excluding tert-OH is 2. The number of carbonyl (C=O) groups is 1. The third kappa shape index (κ3) is 25.6. The molecule has 0 rings (SSSR count). The minimum Gasteiger partial charge on any atom is -0.481 e. The monoisotopic (exact) mass is 456 g/mol. The fourth-order valence-corrected chi connectivity index (χ4v) is 4.43. The zero-order valence-electron chi connectivity index (χ0n) is 21.4. The maximum atomic E-state index is 10.4. The van der Waals surface area contributed by atoms with Crippen LogP contribution in [0.5, 0.6) is 0 Å². The lowest BCUT2D eigenvalue weighted by Gasteiger charge is -2.14. The van der Waals surface area contributed by atoms with Crippen LogP contribution in [0.15, 0.2) is 0 Å². The smallest absolute Gasteiger partial charge is 0.303 e. The summed E-state index contributed by atoms with van der Waals surface area (Å²) in [5.74, 6) is -0.674. The summed E-state index contributed by atoms with van der Waals surface area (Å²) in [5, 5.41) is 28.9. The van der Waals surface area contributed by atoms with E-state index in [2.05, 4.69) is 6.92 Å². The largest absolute Gasteiger partial charge is 0.481 e. The molecule has 0 fully saturated rings. The van der Waals surface area contributed by atoms with Crippen molar-refractivity contribution in [2.45, 2.75) is 173 Å². The molecule has 0 aromatic carbocycles. The van der Waals surface area contributed by atoms with Gasteiger partial charge in [-0.2, -0.15) is 0 Å². The molecule has 0 aliphatic heterocycles. The number of aliphatic hydroxyl groups is 2. The number of aliphatic carboxylic acids is 1. The van der Waals surface area contributed by atoms with Gasteiger partial charge in [-0.05, 0) is 32.1 Å². The first-order valence-corrected chi connectivity index (χ1v) is 14.1. The molecule has 4 heteroatoms. The Kier molecular flexibility index (Phi) is 24.5. The van der Waals surface area contributed by atoms with Gasteiger partial charge in [0.25, 0.3) is 0 Å². The van der Waals surface area contributed by atoms with Crippen LogP contribution in [-0.4, -0.2) is 33.5 Å². The highest BCUT2D eigenvalue weighted by molar-refractivity contribution is 5.66. The first-order chi connectivity index (χ1) is 15.6. The van der Waals surface area contributed by atoms with Gasteiger partial charge in [0.05, 0.1) is 12.2 Å². The van der Waals surface area contributed by atoms with Crippen LogP contribution in [0.1, 0.15) is 161 Å². The number of unbranched alkanes of at least 4 members (excludes halogenated alkanes) is 17. The predicted molar refractivity (Wildman–Crippen MR) is 136 cm³/mol. The maximum Gasteiger partial charge on any atom is 0.303 e. The van der Waals surface area contributed by atoms with E-state index in [1.807, 2.05) is 0 Å². The average molecular weight is 457 g/mol. The second-order valence-electron chi connectivity index (χ2n) is 9.97. The Morgan fingerprint density at radius 3 is 1.16 bits per heavy atom. The van der Waals surface area contributed by atoms with E-state index in [9.17, 15) is 15.0 Å². The zero-order valence-corrected chi connectivity index (χ0v) is 21.4. The molecule has 2 atom stereocenters. The van der Waals surface area contributed by atoms with E-state index in [1.54, 1.807) is 0 Å². The third-order valence-corrected chi connectivity index (χ3v) is 6.65. The zero-order chi connectivity index (χ0) is 23.7. The van der Waals surface area contributed by atoms with Crippen molar-refractivity contribution in [1.82, 2.24) is 0 Å². The molecule has 4 nitrogen and oxygen atoms in total. The van der Waals surface area contributed by atoms with Crippen molar-refractivity contribution < 1.29 is 20.1 Å². The van der Waals surface area contributed by atoms with Crippen LogP contribution in [0.2, 0.25) is 0 Å². The standard InChI is InChI=1S/C28H56O4/c1-2-3-4-5-12-15-18-21-26(29)24-25-27(30)22-19-16-13-10-8-6-7-9-11-14-17-20-23-28(31)32/h26-27,29-30H,2-25H2,1H3,(H,31,32). The van der Waals surface area contributed by atoms with Gasteiger partial charge in [-0.25, -0.2) is 0 Å². The van der Waals surface area contributed by atoms with E-state index >= 15 is 0 Å². The van der Waals surface area contributed by atoms with E-state index < -0.39 is 5.97 Å². The second kappa shape index (κ2) is 25.0. The Bertz CT molecular complexity index is 386. The van der Waals surface area contributed by atoms with Gasteiger partial charge in [-0.1, -0.05) is 122 Å². The molecule has 0 amide bonds. The van der Waals surface area contributed by atoms with Gasteiger partial charge in [0, 0.05) is 6.42 Å². The molecule has 0 aliphatic rings. The molecule has 0 radical (unpaired) electrons. The summed E-state index contributed by atoms with van der Waals surface area (Å²) in [6.07, 6.45) is 26.5. The van der Waals surface area contributed by atoms with E-state index in [0.29, 0.717) is 6.42 Å². The number of hydrogen-bond donors (Lipinski definition) is 3. The molecule has 0 spiro atoms. The number of carboxylic acid groups (broad SMARTS) is 1. The molecule has 0 bridgehead atoms. The number of carboxylic acids is 1. The highest BCUT2D eigenvalue weighted by Gasteiger charge is 2.09. The van der Waals surface area contributed by atoms with Gasteiger partial charge >= 0.3 is 5.97 Å². The lowest BCUT2D eigenvalue weighted by atomic mass is 10.00. The van der Waals surface area contributed by atoms with Gasteiger partial charge in [0.2, 0.25) is 0 Å². The summed E-state index contributed by atoms with van der Waals surface area (Å²) in [4.78, 5) is 10.4. The molecule has 0 saturated heterocycles. The lowest BCUT2D eigenvalue weighted by Crippen LogP contribution is -2.13. The molecule has 32 heavy (non-hydrogen) atoms. The van der Waals surface area contributed by atoms with E-state index in [4.69, 9.17) is 5.11 Å². The Morgan fingerprint density at radius 2 is 0.812 bits per heavy atom. The van der Waals surface area contributed by atoms with Gasteiger partial charge in [0.15, 0.2) is 0 Å². The highest BCUT2D eigenvalue weighted by atomic mass is 16.4. The van der Waals surface area contributed by atoms with Crippen LogP contribution in [0, 0.1) is 0 Å². The number of rotatable bonds is 26. The molecule has 0 aromatic heterocycles. The van der Waals surface area contributed by atoms with Crippen LogP contribution in [-0.2, 0) is 4.79 Å². The topological polar surface area (TPSA) is 77.8 Å². The highest BCUT2D eigenvalue weighted by Crippen LogP contribution is 2.16. The van der Waals surface area contributed by atoms with Crippen molar-refractivity contribution in [1.29, 1.82) is 0 Å². The van der Waals surface area contributed by atoms with Crippen LogP contribution >= 0.6 is 0 Å². The van der Waals surface area contributed by atoms with Crippen LogP contribution < -0.4 is 0 Å². The molecule has 0 aromatic rings. The first kappa shape index (κ1) is 31.4. The molecular formula is C28H56O4. The predicted octanol–water partition coefficient (Wildman–Crippen LogP) is 8.18. The molecule has 192 valence electrons. The Hall–Kier alpha value is -0.610. The molecule has 0 aliphatic carbocycles. The van der Waals surface area contributed by atoms with Crippen molar-refractivity contribution in [2.75, 3.05) is 0 Å². The summed E-state index contributed by atoms with van der Waals surface area (Å²) in [6.45, 7) is 2.24. The third-order valence-electron chi connectivity index (χ3n) is 6.65. The van der Waals surface area contributed by atoms with Crippen molar-refractivity contribution in [2.24, 2.45) is 0 Å². The van der Waals surface area contributed by atoms with Crippen molar-refractivity contribution in [3.63, 3.8) is 0 Å². The Morgan fingerprint density at radius 1 is 0.500 bits per heavy atom. The van der Waals surface area contributed by atoms with Crippen molar-refractivity contribution >= 4 is 5.97 Å². The summed E-state index contributed by atoms with van der Waals surface area (Å²) < 4.78 is 0. The molecular weight excluding hydrogens is 400 g/mol. The summed E-state index contributed by atoms with van der Waals surface area (Å²) in [6, 6.07) is 0. The van der Waals surface area contributed by atoms with Gasteiger partial charge in [0.1, 0.15) is 0 Å². The fraction of sp³-hybridized carbons (Fsp3) is 0.964. The Labute approximate surface area is 199 Å². The lowest BCUT2D eigenvalue weighted by molar-refractivity contribution is -0.137. The van der Waals surface area contributed by atoms with Gasteiger partial charge in [-0.15, -0.1) is 0 Å². The minimum atomic E-state index is -0.674. The summed E-state index contributed by atoms with van der Waals surface area (Å²) in [7, 11) is 0. The summed E-state index contributed by atoms with van der Waals surface area (Å²) >= 11 is 0. The van der Waals surface area contributed by atoms with Crippen molar-refractivity contribution in [3.8, 4) is 0 Å². The quantitative estimate of drug-likeness (QED) is 0.115. The van der Waals surface area contributed by atoms with Gasteiger partial charge < -0.3 is 15.3 Å². The fourth-order valence-electron chi connectivity index (χ4n) is 4.43. The van der Waals surface area contributed by atoms with Crippen molar-refractivity contribution in [3.05, 3.63) is 0 Å². The van der Waals surface area contributed by atoms with Crippen LogP contribution in [0.25, 0.3) is 0 Å². The van der Waals surface area contributed by atoms with Gasteiger partial charge in [-0.3, -0.25) is 4.79 Å². The SMILES string of the molecule is CCCCCCCCCC(O)CCC(O)CCCCCCCCCCCCCCC(=O)O. The molecule has 3 N–H and O–H groups in total. The van der Waals surface area contributed by atoms with Crippen LogP contribution in [0.3, 0.4) is 0 Å². The molecule has 0 heterocycles. The maximum absolute atomic E-state index is 10.4. The number of hydrogen-bond acceptors (Lipinski definition) is 3. The molecule has 2 unspecified atom stereocenters. The van der Waals surface area contributed by atoms with Crippen LogP contribution in [0.4, 0.5) is 0 Å². The van der Waals surface area contributed by atoms with E-state index in [1.165, 1.54) is 96.3 Å². The second-order valence-corrected chi connectivity index (χ2v) is 9.97. The average Bonchev–Trinajstić information content (AvgIpc) is 2.77. The molecule has 0 saturated carbocycles. The summed E-state index contributed by atoms with van der Waals surface area (Å²) in [5.41, 5.74) is 0. The van der Waals surface area contributed by atoms with E-state index in [-0.39, 0.29) is 12.2 Å². The van der Waals surface area contributed by atoms with E-state index in [0.717, 1.165) is 51.4 Å². The first-order valence-electron chi connectivity index (χ1n) is 14.1. The normalized spacial score (nSPS) is 13.3.